The van der Waals surface area contributed by atoms with Crippen LogP contribution in [-0.4, -0.2) is 19.2 Å². The van der Waals surface area contributed by atoms with E-state index in [1.165, 1.54) is 0 Å². The standard InChI is InChI=1S/C15H17BrN2O2S/c1-12(14-3-2-4-15(16)11-14)18-21(19,20)10-7-13-5-8-17-9-6-13/h2-6,8-9,11-12,18H,7,10H2,1H3. The Bertz CT molecular complexity index is 690. The minimum atomic E-state index is -3.33. The van der Waals surface area contributed by atoms with Crippen molar-refractivity contribution in [3.63, 3.8) is 0 Å². The molecule has 0 saturated carbocycles. The summed E-state index contributed by atoms with van der Waals surface area (Å²) in [7, 11) is -3.33. The van der Waals surface area contributed by atoms with E-state index in [-0.39, 0.29) is 11.8 Å². The summed E-state index contributed by atoms with van der Waals surface area (Å²) in [6.45, 7) is 1.84. The summed E-state index contributed by atoms with van der Waals surface area (Å²) < 4.78 is 27.9. The summed E-state index contributed by atoms with van der Waals surface area (Å²) in [6, 6.07) is 11.0. The highest BCUT2D eigenvalue weighted by atomic mass is 79.9. The summed E-state index contributed by atoms with van der Waals surface area (Å²) in [5, 5.41) is 0. The van der Waals surface area contributed by atoms with Gasteiger partial charge in [-0.1, -0.05) is 28.1 Å². The zero-order valence-corrected chi connectivity index (χ0v) is 14.1. The van der Waals surface area contributed by atoms with Gasteiger partial charge in [0, 0.05) is 22.9 Å². The van der Waals surface area contributed by atoms with Crippen LogP contribution in [0.3, 0.4) is 0 Å². The second-order valence-corrected chi connectivity index (χ2v) is 7.61. The van der Waals surface area contributed by atoms with Crippen molar-refractivity contribution in [2.75, 3.05) is 5.75 Å². The number of benzene rings is 1. The molecule has 0 aliphatic heterocycles. The van der Waals surface area contributed by atoms with Crippen LogP contribution in [0, 0.1) is 0 Å². The molecule has 1 aromatic heterocycles. The Balaban J connectivity index is 1.97. The summed E-state index contributed by atoms with van der Waals surface area (Å²) in [6.07, 6.45) is 3.81. The lowest BCUT2D eigenvalue weighted by Gasteiger charge is -2.15. The van der Waals surface area contributed by atoms with Crippen molar-refractivity contribution in [2.45, 2.75) is 19.4 Å². The van der Waals surface area contributed by atoms with Crippen LogP contribution in [0.4, 0.5) is 0 Å². The van der Waals surface area contributed by atoms with Gasteiger partial charge in [0.2, 0.25) is 10.0 Å². The number of rotatable bonds is 6. The molecule has 0 aliphatic carbocycles. The van der Waals surface area contributed by atoms with Gasteiger partial charge in [0.05, 0.1) is 5.75 Å². The van der Waals surface area contributed by atoms with Crippen molar-refractivity contribution in [3.05, 3.63) is 64.4 Å². The number of aromatic nitrogens is 1. The van der Waals surface area contributed by atoms with Crippen LogP contribution in [0.2, 0.25) is 0 Å². The van der Waals surface area contributed by atoms with Crippen LogP contribution < -0.4 is 4.72 Å². The lowest BCUT2D eigenvalue weighted by molar-refractivity contribution is 0.566. The summed E-state index contributed by atoms with van der Waals surface area (Å²) in [4.78, 5) is 3.92. The molecule has 2 aromatic rings. The maximum Gasteiger partial charge on any atom is 0.212 e. The SMILES string of the molecule is CC(NS(=O)(=O)CCc1ccncc1)c1cccc(Br)c1. The fraction of sp³-hybridized carbons (Fsp3) is 0.267. The molecule has 0 aliphatic rings. The number of nitrogens with one attached hydrogen (secondary N) is 1. The first-order valence-corrected chi connectivity index (χ1v) is 9.05. The van der Waals surface area contributed by atoms with Gasteiger partial charge in [-0.2, -0.15) is 0 Å². The van der Waals surface area contributed by atoms with E-state index in [0.29, 0.717) is 6.42 Å². The number of hydrogen-bond acceptors (Lipinski definition) is 3. The van der Waals surface area contributed by atoms with Crippen molar-refractivity contribution >= 4 is 26.0 Å². The predicted octanol–water partition coefficient (Wildman–Crippen LogP) is 3.07. The average Bonchev–Trinajstić information content (AvgIpc) is 2.46. The van der Waals surface area contributed by atoms with Crippen LogP contribution in [-0.2, 0) is 16.4 Å². The fourth-order valence-corrected chi connectivity index (χ4v) is 3.69. The van der Waals surface area contributed by atoms with E-state index in [4.69, 9.17) is 0 Å². The van der Waals surface area contributed by atoms with Gasteiger partial charge in [0.1, 0.15) is 0 Å². The van der Waals surface area contributed by atoms with E-state index < -0.39 is 10.0 Å². The molecule has 0 radical (unpaired) electrons. The second-order valence-electron chi connectivity index (χ2n) is 4.82. The molecule has 0 bridgehead atoms. The molecule has 112 valence electrons. The number of aryl methyl sites for hydroxylation is 1. The topological polar surface area (TPSA) is 59.1 Å². The van der Waals surface area contributed by atoms with Crippen LogP contribution in [0.15, 0.2) is 53.3 Å². The van der Waals surface area contributed by atoms with Crippen LogP contribution in [0.1, 0.15) is 24.1 Å². The zero-order valence-electron chi connectivity index (χ0n) is 11.7. The minimum Gasteiger partial charge on any atom is -0.265 e. The van der Waals surface area contributed by atoms with E-state index >= 15 is 0 Å². The first kappa shape index (κ1) is 16.1. The Labute approximate surface area is 133 Å². The largest absolute Gasteiger partial charge is 0.265 e. The maximum absolute atomic E-state index is 12.1. The first-order chi connectivity index (χ1) is 9.96. The van der Waals surface area contributed by atoms with Gasteiger partial charge >= 0.3 is 0 Å². The van der Waals surface area contributed by atoms with Crippen LogP contribution >= 0.6 is 15.9 Å². The van der Waals surface area contributed by atoms with Crippen LogP contribution in [0.25, 0.3) is 0 Å². The molecule has 0 fully saturated rings. The van der Waals surface area contributed by atoms with Crippen molar-refractivity contribution in [1.29, 1.82) is 0 Å². The Morgan fingerprint density at radius 1 is 1.24 bits per heavy atom. The van der Waals surface area contributed by atoms with Gasteiger partial charge in [0.25, 0.3) is 0 Å². The molecule has 0 saturated heterocycles. The molecule has 6 heteroatoms. The van der Waals surface area contributed by atoms with Gasteiger partial charge in [-0.3, -0.25) is 4.98 Å². The Hall–Kier alpha value is -1.24. The number of pyridine rings is 1. The molecule has 1 heterocycles. The Morgan fingerprint density at radius 3 is 2.62 bits per heavy atom. The maximum atomic E-state index is 12.1. The van der Waals surface area contributed by atoms with Crippen molar-refractivity contribution < 1.29 is 8.42 Å². The van der Waals surface area contributed by atoms with Gasteiger partial charge in [-0.05, 0) is 48.7 Å². The molecule has 1 atom stereocenters. The molecule has 1 unspecified atom stereocenters. The van der Waals surface area contributed by atoms with Gasteiger partial charge in [-0.25, -0.2) is 13.1 Å². The number of sulfonamides is 1. The van der Waals surface area contributed by atoms with Gasteiger partial charge in [0.15, 0.2) is 0 Å². The molecule has 0 spiro atoms. The molecular formula is C15H17BrN2O2S. The molecule has 1 aromatic carbocycles. The van der Waals surface area contributed by atoms with E-state index in [2.05, 4.69) is 25.6 Å². The van der Waals surface area contributed by atoms with Gasteiger partial charge < -0.3 is 0 Å². The summed E-state index contributed by atoms with van der Waals surface area (Å²) in [5.41, 5.74) is 1.89. The van der Waals surface area contributed by atoms with Gasteiger partial charge in [-0.15, -0.1) is 0 Å². The van der Waals surface area contributed by atoms with E-state index in [1.54, 1.807) is 12.4 Å². The highest BCUT2D eigenvalue weighted by Gasteiger charge is 2.16. The number of nitrogens with zero attached hydrogens (tertiary/aromatic N) is 1. The molecule has 21 heavy (non-hydrogen) atoms. The zero-order chi connectivity index (χ0) is 15.3. The number of halogens is 1. The molecule has 1 N–H and O–H groups in total. The Kier molecular flexibility index (Phi) is 5.50. The second kappa shape index (κ2) is 7.15. The summed E-state index contributed by atoms with van der Waals surface area (Å²) >= 11 is 3.39. The highest BCUT2D eigenvalue weighted by molar-refractivity contribution is 9.10. The van der Waals surface area contributed by atoms with E-state index in [0.717, 1.165) is 15.6 Å². The number of hydrogen-bond donors (Lipinski definition) is 1. The van der Waals surface area contributed by atoms with E-state index in [9.17, 15) is 8.42 Å². The third-order valence-electron chi connectivity index (χ3n) is 3.11. The third-order valence-corrected chi connectivity index (χ3v) is 5.06. The third kappa shape index (κ3) is 5.22. The smallest absolute Gasteiger partial charge is 0.212 e. The quantitative estimate of drug-likeness (QED) is 0.852. The predicted molar refractivity (Wildman–Crippen MR) is 87.4 cm³/mol. The van der Waals surface area contributed by atoms with Crippen molar-refractivity contribution in [2.24, 2.45) is 0 Å². The highest BCUT2D eigenvalue weighted by Crippen LogP contribution is 2.18. The van der Waals surface area contributed by atoms with Crippen molar-refractivity contribution in [3.8, 4) is 0 Å². The first-order valence-electron chi connectivity index (χ1n) is 6.61. The molecular weight excluding hydrogens is 352 g/mol. The van der Waals surface area contributed by atoms with Crippen molar-refractivity contribution in [1.82, 2.24) is 9.71 Å². The Morgan fingerprint density at radius 2 is 1.95 bits per heavy atom. The monoisotopic (exact) mass is 368 g/mol. The normalized spacial score (nSPS) is 13.0. The lowest BCUT2D eigenvalue weighted by atomic mass is 10.1. The summed E-state index contributed by atoms with van der Waals surface area (Å²) in [5.74, 6) is 0.0648. The molecule has 2 rings (SSSR count). The fourth-order valence-electron chi connectivity index (χ4n) is 1.97. The average molecular weight is 369 g/mol. The molecule has 4 nitrogen and oxygen atoms in total. The molecule has 0 amide bonds. The minimum absolute atomic E-state index is 0.0648. The lowest BCUT2D eigenvalue weighted by Crippen LogP contribution is -2.29. The van der Waals surface area contributed by atoms with Crippen LogP contribution in [0.5, 0.6) is 0 Å². The van der Waals surface area contributed by atoms with E-state index in [1.807, 2.05) is 43.3 Å².